The molecule has 2 heterocycles. The molecule has 0 aliphatic carbocycles. The van der Waals surface area contributed by atoms with Gasteiger partial charge in [0.25, 0.3) is 0 Å². The zero-order valence-electron chi connectivity index (χ0n) is 18.4. The molecular formula is C26H26N2O4. The summed E-state index contributed by atoms with van der Waals surface area (Å²) in [6.07, 6.45) is 1.58. The van der Waals surface area contributed by atoms with Gasteiger partial charge in [0.15, 0.2) is 0 Å². The summed E-state index contributed by atoms with van der Waals surface area (Å²) in [5, 5.41) is 9.51. The number of hydrogen-bond acceptors (Lipinski definition) is 4. The van der Waals surface area contributed by atoms with Gasteiger partial charge in [0, 0.05) is 6.61 Å². The molecule has 164 valence electrons. The van der Waals surface area contributed by atoms with Crippen LogP contribution in [0.15, 0.2) is 66.9 Å². The lowest BCUT2D eigenvalue weighted by Crippen LogP contribution is -2.11. The smallest absolute Gasteiger partial charge is 0.336 e. The van der Waals surface area contributed by atoms with Crippen LogP contribution in [-0.4, -0.2) is 33.7 Å². The number of fused-ring (bicyclic) bond motifs is 1. The summed E-state index contributed by atoms with van der Waals surface area (Å²) in [6, 6.07) is 19.0. The van der Waals surface area contributed by atoms with E-state index in [1.54, 1.807) is 12.1 Å². The van der Waals surface area contributed by atoms with Crippen molar-refractivity contribution in [3.05, 3.63) is 89.2 Å². The minimum atomic E-state index is -0.941. The topological polar surface area (TPSA) is 73.1 Å². The van der Waals surface area contributed by atoms with Crippen molar-refractivity contribution in [2.24, 2.45) is 0 Å². The molecule has 0 bridgehead atoms. The summed E-state index contributed by atoms with van der Waals surface area (Å²) in [4.78, 5) is 16.2. The average Bonchev–Trinajstić information content (AvgIpc) is 3.23. The van der Waals surface area contributed by atoms with Gasteiger partial charge in [0.05, 0.1) is 24.1 Å². The maximum absolute atomic E-state index is 11.6. The van der Waals surface area contributed by atoms with Gasteiger partial charge in [0.2, 0.25) is 5.88 Å². The van der Waals surface area contributed by atoms with Crippen LogP contribution in [0.4, 0.5) is 0 Å². The highest BCUT2D eigenvalue weighted by Crippen LogP contribution is 2.31. The quantitative estimate of drug-likeness (QED) is 0.398. The number of carboxylic acids is 1. The van der Waals surface area contributed by atoms with Crippen LogP contribution in [-0.2, 0) is 4.74 Å². The molecule has 0 aliphatic rings. The normalized spacial score (nSPS) is 12.1. The standard InChI is InChI=1S/C26H26N2O4/c1-4-31-23-16-28-22(15-10-17(3)25(28)27-23)24(32-5-2)19-13-11-18(12-14-19)20-8-6-7-9-21(20)26(29)30/h6-16,24H,4-5H2,1-3H3,(H,29,30). The number of imidazole rings is 1. The maximum atomic E-state index is 11.6. The van der Waals surface area contributed by atoms with Gasteiger partial charge < -0.3 is 14.6 Å². The lowest BCUT2D eigenvalue weighted by atomic mass is 9.97. The molecule has 0 spiro atoms. The highest BCUT2D eigenvalue weighted by atomic mass is 16.5. The molecule has 1 atom stereocenters. The zero-order chi connectivity index (χ0) is 22.7. The lowest BCUT2D eigenvalue weighted by Gasteiger charge is -2.20. The molecule has 0 fully saturated rings. The second-order valence-electron chi connectivity index (χ2n) is 7.46. The van der Waals surface area contributed by atoms with Crippen LogP contribution in [0.3, 0.4) is 0 Å². The zero-order valence-corrected chi connectivity index (χ0v) is 18.4. The molecule has 0 amide bonds. The van der Waals surface area contributed by atoms with Crippen LogP contribution in [0.25, 0.3) is 16.8 Å². The van der Waals surface area contributed by atoms with Crippen molar-refractivity contribution in [2.75, 3.05) is 13.2 Å². The number of carboxylic acid groups (broad SMARTS) is 1. The van der Waals surface area contributed by atoms with Crippen LogP contribution in [0.2, 0.25) is 0 Å². The highest BCUT2D eigenvalue weighted by molar-refractivity contribution is 5.96. The summed E-state index contributed by atoms with van der Waals surface area (Å²) in [7, 11) is 0. The Hall–Kier alpha value is -3.64. The van der Waals surface area contributed by atoms with Crippen LogP contribution in [0.5, 0.6) is 5.88 Å². The molecule has 0 aliphatic heterocycles. The van der Waals surface area contributed by atoms with Gasteiger partial charge in [0.1, 0.15) is 11.8 Å². The van der Waals surface area contributed by atoms with Crippen molar-refractivity contribution < 1.29 is 19.4 Å². The highest BCUT2D eigenvalue weighted by Gasteiger charge is 2.20. The second kappa shape index (κ2) is 9.24. The molecule has 1 unspecified atom stereocenters. The molecule has 4 aromatic rings. The van der Waals surface area contributed by atoms with E-state index in [9.17, 15) is 9.90 Å². The molecule has 2 aromatic carbocycles. The minimum Gasteiger partial charge on any atom is -0.478 e. The Balaban J connectivity index is 1.76. The average molecular weight is 431 g/mol. The number of pyridine rings is 1. The monoisotopic (exact) mass is 430 g/mol. The van der Waals surface area contributed by atoms with Crippen LogP contribution < -0.4 is 4.74 Å². The van der Waals surface area contributed by atoms with Crippen LogP contribution in [0.1, 0.15) is 47.1 Å². The molecule has 2 aromatic heterocycles. The molecule has 1 N–H and O–H groups in total. The number of ether oxygens (including phenoxy) is 2. The van der Waals surface area contributed by atoms with Crippen molar-refractivity contribution in [2.45, 2.75) is 26.9 Å². The number of carbonyl (C=O) groups is 1. The van der Waals surface area contributed by atoms with E-state index < -0.39 is 5.97 Å². The molecule has 0 radical (unpaired) electrons. The Morgan fingerprint density at radius 3 is 2.47 bits per heavy atom. The predicted molar refractivity (Wildman–Crippen MR) is 123 cm³/mol. The molecule has 6 heteroatoms. The summed E-state index contributed by atoms with van der Waals surface area (Å²) >= 11 is 0. The third-order valence-electron chi connectivity index (χ3n) is 5.39. The van der Waals surface area contributed by atoms with Crippen molar-refractivity contribution in [3.63, 3.8) is 0 Å². The third-order valence-corrected chi connectivity index (χ3v) is 5.39. The number of hydrogen-bond donors (Lipinski definition) is 1. The van der Waals surface area contributed by atoms with E-state index >= 15 is 0 Å². The van der Waals surface area contributed by atoms with Gasteiger partial charge in [-0.3, -0.25) is 4.40 Å². The summed E-state index contributed by atoms with van der Waals surface area (Å²) in [5.74, 6) is -0.358. The van der Waals surface area contributed by atoms with E-state index in [1.165, 1.54) is 0 Å². The Labute approximate surface area is 187 Å². The van der Waals surface area contributed by atoms with Gasteiger partial charge in [-0.15, -0.1) is 0 Å². The SMILES string of the molecule is CCOc1cn2c(C(OCC)c3ccc(-c4ccccc4C(=O)O)cc3)ccc(C)c2n1. The fourth-order valence-corrected chi connectivity index (χ4v) is 3.91. The maximum Gasteiger partial charge on any atom is 0.336 e. The Bertz CT molecular complexity index is 1240. The second-order valence-corrected chi connectivity index (χ2v) is 7.46. The predicted octanol–water partition coefficient (Wildman–Crippen LogP) is 5.53. The van der Waals surface area contributed by atoms with Crippen LogP contribution in [0, 0.1) is 6.92 Å². The molecule has 32 heavy (non-hydrogen) atoms. The minimum absolute atomic E-state index is 0.281. The van der Waals surface area contributed by atoms with Gasteiger partial charge in [-0.2, -0.15) is 4.98 Å². The molecule has 0 saturated heterocycles. The first-order valence-electron chi connectivity index (χ1n) is 10.7. The first-order valence-corrected chi connectivity index (χ1v) is 10.7. The Kier molecular flexibility index (Phi) is 6.23. The van der Waals surface area contributed by atoms with Crippen LogP contribution >= 0.6 is 0 Å². The molecule has 0 saturated carbocycles. The van der Waals surface area contributed by atoms with E-state index in [0.717, 1.165) is 28.0 Å². The van der Waals surface area contributed by atoms with E-state index in [0.29, 0.717) is 24.7 Å². The number of aryl methyl sites for hydroxylation is 1. The van der Waals surface area contributed by atoms with Crippen molar-refractivity contribution in [3.8, 4) is 17.0 Å². The fraction of sp³-hybridized carbons (Fsp3) is 0.231. The van der Waals surface area contributed by atoms with E-state index in [4.69, 9.17) is 9.47 Å². The fourth-order valence-electron chi connectivity index (χ4n) is 3.91. The molecule has 4 rings (SSSR count). The van der Waals surface area contributed by atoms with Gasteiger partial charge in [-0.05, 0) is 55.2 Å². The lowest BCUT2D eigenvalue weighted by molar-refractivity contribution is 0.0697. The van der Waals surface area contributed by atoms with Crippen molar-refractivity contribution in [1.29, 1.82) is 0 Å². The summed E-state index contributed by atoms with van der Waals surface area (Å²) in [6.45, 7) is 7.01. The van der Waals surface area contributed by atoms with Crippen molar-refractivity contribution >= 4 is 11.6 Å². The van der Waals surface area contributed by atoms with E-state index in [-0.39, 0.29) is 11.7 Å². The first kappa shape index (κ1) is 21.6. The Morgan fingerprint density at radius 2 is 1.78 bits per heavy atom. The molecular weight excluding hydrogens is 404 g/mol. The van der Waals surface area contributed by atoms with Gasteiger partial charge in [-0.1, -0.05) is 48.5 Å². The van der Waals surface area contributed by atoms with Gasteiger partial charge in [-0.25, -0.2) is 4.79 Å². The largest absolute Gasteiger partial charge is 0.478 e. The van der Waals surface area contributed by atoms with Crippen molar-refractivity contribution in [1.82, 2.24) is 9.38 Å². The molecule has 6 nitrogen and oxygen atoms in total. The third kappa shape index (κ3) is 4.09. The van der Waals surface area contributed by atoms with Gasteiger partial charge >= 0.3 is 5.97 Å². The number of aromatic nitrogens is 2. The first-order chi connectivity index (χ1) is 15.5. The number of nitrogens with zero attached hydrogens (tertiary/aromatic N) is 2. The number of benzene rings is 2. The number of rotatable bonds is 8. The van der Waals surface area contributed by atoms with E-state index in [1.807, 2.05) is 79.9 Å². The summed E-state index contributed by atoms with van der Waals surface area (Å²) in [5.41, 5.74) is 5.62. The summed E-state index contributed by atoms with van der Waals surface area (Å²) < 4.78 is 13.8. The number of aromatic carboxylic acids is 1. The van der Waals surface area contributed by atoms with E-state index in [2.05, 4.69) is 4.98 Å². The Morgan fingerprint density at radius 1 is 1.03 bits per heavy atom.